The largest absolute Gasteiger partial charge is 0.382 e. The predicted octanol–water partition coefficient (Wildman–Crippen LogP) is 5.72. The molecule has 0 aliphatic carbocycles. The third-order valence-corrected chi connectivity index (χ3v) is 7.02. The molecule has 3 rings (SSSR count). The fraction of sp³-hybridized carbons (Fsp3) is 0.379. The molecule has 0 radical (unpaired) electrons. The van der Waals surface area contributed by atoms with E-state index in [0.29, 0.717) is 44.8 Å². The maximum absolute atomic E-state index is 13.6. The van der Waals surface area contributed by atoms with Crippen molar-refractivity contribution in [2.75, 3.05) is 26.3 Å². The minimum Gasteiger partial charge on any atom is -0.382 e. The molecule has 2 aromatic carbocycles. The van der Waals surface area contributed by atoms with Gasteiger partial charge in [0.05, 0.1) is 6.54 Å². The third-order valence-electron chi connectivity index (χ3n) is 6.01. The molecule has 0 saturated carbocycles. The number of thiophene rings is 1. The van der Waals surface area contributed by atoms with Crippen molar-refractivity contribution in [2.45, 2.75) is 46.7 Å². The van der Waals surface area contributed by atoms with E-state index in [1.165, 1.54) is 16.0 Å². The number of amides is 2. The highest BCUT2D eigenvalue weighted by Crippen LogP contribution is 2.20. The van der Waals surface area contributed by atoms with Crippen molar-refractivity contribution in [3.8, 4) is 0 Å². The fourth-order valence-corrected chi connectivity index (χ4v) is 4.78. The van der Waals surface area contributed by atoms with E-state index in [-0.39, 0.29) is 18.4 Å². The van der Waals surface area contributed by atoms with Crippen LogP contribution in [0.25, 0.3) is 0 Å². The monoisotopic (exact) mass is 492 g/mol. The number of hydrogen-bond donors (Lipinski definition) is 0. The Labute approximate surface area is 213 Å². The van der Waals surface area contributed by atoms with Crippen LogP contribution in [0.4, 0.5) is 0 Å². The van der Waals surface area contributed by atoms with E-state index in [9.17, 15) is 9.59 Å². The van der Waals surface area contributed by atoms with Gasteiger partial charge < -0.3 is 14.5 Å². The molecule has 0 saturated heterocycles. The smallest absolute Gasteiger partial charge is 0.254 e. The number of carbonyl (C=O) groups excluding carboxylic acids is 2. The molecule has 1 heterocycles. The Morgan fingerprint density at radius 1 is 0.886 bits per heavy atom. The van der Waals surface area contributed by atoms with E-state index in [0.717, 1.165) is 12.0 Å². The Balaban J connectivity index is 1.79. The first kappa shape index (κ1) is 26.6. The summed E-state index contributed by atoms with van der Waals surface area (Å²) in [5.74, 6) is -0.180. The van der Waals surface area contributed by atoms with Crippen LogP contribution in [0.15, 0.2) is 66.0 Å². The molecule has 1 aromatic heterocycles. The number of aryl methyl sites for hydroxylation is 2. The highest BCUT2D eigenvalue weighted by molar-refractivity contribution is 7.10. The summed E-state index contributed by atoms with van der Waals surface area (Å²) in [5, 5.41) is 2.05. The first-order chi connectivity index (χ1) is 17.0. The van der Waals surface area contributed by atoms with Crippen molar-refractivity contribution in [3.63, 3.8) is 0 Å². The van der Waals surface area contributed by atoms with Crippen LogP contribution in [-0.4, -0.2) is 47.9 Å². The van der Waals surface area contributed by atoms with Gasteiger partial charge in [0.2, 0.25) is 5.91 Å². The Morgan fingerprint density at radius 2 is 1.63 bits per heavy atom. The molecule has 0 unspecified atom stereocenters. The van der Waals surface area contributed by atoms with E-state index in [4.69, 9.17) is 4.74 Å². The van der Waals surface area contributed by atoms with E-state index in [1.54, 1.807) is 16.2 Å². The highest BCUT2D eigenvalue weighted by atomic mass is 32.1. The fourth-order valence-electron chi connectivity index (χ4n) is 3.86. The second-order valence-corrected chi connectivity index (χ2v) is 9.59. The average molecular weight is 493 g/mol. The molecule has 2 amide bonds. The van der Waals surface area contributed by atoms with Crippen LogP contribution >= 0.6 is 11.3 Å². The normalized spacial score (nSPS) is 10.8. The lowest BCUT2D eigenvalue weighted by Crippen LogP contribution is -2.43. The van der Waals surface area contributed by atoms with Crippen LogP contribution < -0.4 is 0 Å². The standard InChI is InChI=1S/C29H36N2O3S/c1-4-24-12-14-26(15-13-24)29(33)30(17-9-18-34-5-2)22-28(32)31(20-25-10-7-6-8-11-25)21-27-23(3)16-19-35-27/h6-8,10-16,19H,4-5,9,17-18,20-22H2,1-3H3. The van der Waals surface area contributed by atoms with Crippen molar-refractivity contribution in [2.24, 2.45) is 0 Å². The quantitative estimate of drug-likeness (QED) is 0.287. The second kappa shape index (κ2) is 13.8. The predicted molar refractivity (Wildman–Crippen MR) is 143 cm³/mol. The molecule has 35 heavy (non-hydrogen) atoms. The summed E-state index contributed by atoms with van der Waals surface area (Å²) in [4.78, 5) is 31.7. The summed E-state index contributed by atoms with van der Waals surface area (Å²) in [5.41, 5.74) is 4.04. The molecule has 0 spiro atoms. The number of benzene rings is 2. The van der Waals surface area contributed by atoms with Gasteiger partial charge in [0.1, 0.15) is 6.54 Å². The van der Waals surface area contributed by atoms with Crippen molar-refractivity contribution < 1.29 is 14.3 Å². The molecule has 0 fully saturated rings. The van der Waals surface area contributed by atoms with E-state index in [2.05, 4.69) is 25.3 Å². The van der Waals surface area contributed by atoms with Gasteiger partial charge in [0, 0.05) is 36.7 Å². The minimum atomic E-state index is -0.121. The molecule has 3 aromatic rings. The number of rotatable bonds is 13. The van der Waals surface area contributed by atoms with Crippen LogP contribution in [0.5, 0.6) is 0 Å². The van der Waals surface area contributed by atoms with Gasteiger partial charge in [-0.25, -0.2) is 0 Å². The molecule has 0 aliphatic heterocycles. The van der Waals surface area contributed by atoms with Crippen LogP contribution in [0, 0.1) is 6.92 Å². The maximum Gasteiger partial charge on any atom is 0.254 e. The molecule has 6 heteroatoms. The lowest BCUT2D eigenvalue weighted by Gasteiger charge is -2.28. The first-order valence-corrected chi connectivity index (χ1v) is 13.2. The summed E-state index contributed by atoms with van der Waals surface area (Å²) in [6, 6.07) is 19.8. The van der Waals surface area contributed by atoms with Gasteiger partial charge in [-0.1, -0.05) is 49.4 Å². The maximum atomic E-state index is 13.6. The number of ether oxygens (including phenoxy) is 1. The van der Waals surface area contributed by atoms with Crippen LogP contribution in [-0.2, 0) is 29.0 Å². The van der Waals surface area contributed by atoms with Gasteiger partial charge in [-0.15, -0.1) is 11.3 Å². The Hall–Kier alpha value is -2.96. The number of carbonyl (C=O) groups is 2. The van der Waals surface area contributed by atoms with Gasteiger partial charge in [0.15, 0.2) is 0 Å². The highest BCUT2D eigenvalue weighted by Gasteiger charge is 2.23. The van der Waals surface area contributed by atoms with Crippen LogP contribution in [0.3, 0.4) is 0 Å². The summed E-state index contributed by atoms with van der Waals surface area (Å²) in [6.07, 6.45) is 1.60. The van der Waals surface area contributed by atoms with Crippen LogP contribution in [0.1, 0.15) is 52.2 Å². The zero-order valence-corrected chi connectivity index (χ0v) is 21.9. The molecule has 0 atom stereocenters. The van der Waals surface area contributed by atoms with Gasteiger partial charge in [-0.05, 0) is 67.0 Å². The first-order valence-electron chi connectivity index (χ1n) is 12.3. The molecular formula is C29H36N2O3S. The molecule has 5 nitrogen and oxygen atoms in total. The average Bonchev–Trinajstić information content (AvgIpc) is 3.29. The lowest BCUT2D eigenvalue weighted by atomic mass is 10.1. The SMILES string of the molecule is CCOCCCN(CC(=O)N(Cc1ccccc1)Cc1sccc1C)C(=O)c1ccc(CC)cc1. The summed E-state index contributed by atoms with van der Waals surface area (Å²) in [7, 11) is 0. The minimum absolute atomic E-state index is 0.0394. The van der Waals surface area contributed by atoms with E-state index >= 15 is 0 Å². The summed E-state index contributed by atoms with van der Waals surface area (Å²) < 4.78 is 5.48. The third kappa shape index (κ3) is 8.05. The number of nitrogens with zero attached hydrogens (tertiary/aromatic N) is 2. The van der Waals surface area contributed by atoms with Gasteiger partial charge >= 0.3 is 0 Å². The van der Waals surface area contributed by atoms with E-state index < -0.39 is 0 Å². The summed E-state index contributed by atoms with van der Waals surface area (Å²) in [6.45, 7) is 8.85. The molecule has 0 N–H and O–H groups in total. The van der Waals surface area contributed by atoms with Gasteiger partial charge in [-0.2, -0.15) is 0 Å². The topological polar surface area (TPSA) is 49.9 Å². The molecule has 186 valence electrons. The molecule has 0 bridgehead atoms. The van der Waals surface area contributed by atoms with E-state index in [1.807, 2.05) is 66.4 Å². The second-order valence-electron chi connectivity index (χ2n) is 8.59. The number of hydrogen-bond acceptors (Lipinski definition) is 4. The molecule has 0 aliphatic rings. The van der Waals surface area contributed by atoms with Gasteiger partial charge in [0.25, 0.3) is 5.91 Å². The van der Waals surface area contributed by atoms with Crippen molar-refractivity contribution in [3.05, 3.63) is 93.2 Å². The Bertz CT molecular complexity index is 1060. The Kier molecular flexibility index (Phi) is 10.5. The van der Waals surface area contributed by atoms with Gasteiger partial charge in [-0.3, -0.25) is 9.59 Å². The lowest BCUT2D eigenvalue weighted by molar-refractivity contribution is -0.133. The van der Waals surface area contributed by atoms with Crippen molar-refractivity contribution in [1.29, 1.82) is 0 Å². The van der Waals surface area contributed by atoms with Crippen molar-refractivity contribution in [1.82, 2.24) is 9.80 Å². The zero-order valence-electron chi connectivity index (χ0n) is 21.0. The zero-order chi connectivity index (χ0) is 25.0. The Morgan fingerprint density at radius 3 is 2.26 bits per heavy atom. The summed E-state index contributed by atoms with van der Waals surface area (Å²) >= 11 is 1.66. The van der Waals surface area contributed by atoms with Crippen molar-refractivity contribution >= 4 is 23.2 Å². The molecular weight excluding hydrogens is 456 g/mol. The van der Waals surface area contributed by atoms with Crippen LogP contribution in [0.2, 0.25) is 0 Å².